The highest BCUT2D eigenvalue weighted by atomic mass is 16.4. The van der Waals surface area contributed by atoms with E-state index in [2.05, 4.69) is 34.6 Å². The lowest BCUT2D eigenvalue weighted by Crippen LogP contribution is -2.41. The van der Waals surface area contributed by atoms with Crippen LogP contribution in [0.3, 0.4) is 0 Å². The molecule has 0 aromatic heterocycles. The van der Waals surface area contributed by atoms with Gasteiger partial charge in [-0.15, -0.1) is 0 Å². The minimum atomic E-state index is -0.675. The van der Waals surface area contributed by atoms with Crippen LogP contribution < -0.4 is 0 Å². The number of carbonyl (C=O) groups is 2. The van der Waals surface area contributed by atoms with E-state index in [1.54, 1.807) is 0 Å². The fraction of sp³-hybridized carbons (Fsp3) is 0.943. The van der Waals surface area contributed by atoms with Crippen LogP contribution in [0.4, 0.5) is 0 Å². The molecule has 4 nitrogen and oxygen atoms in total. The molecule has 0 aliphatic heterocycles. The lowest BCUT2D eigenvalue weighted by molar-refractivity contribution is -0.156. The van der Waals surface area contributed by atoms with Gasteiger partial charge in [0.2, 0.25) is 0 Å². The van der Waals surface area contributed by atoms with Crippen molar-refractivity contribution in [1.29, 1.82) is 0 Å². The summed E-state index contributed by atoms with van der Waals surface area (Å²) in [6.07, 6.45) is 26.8. The molecule has 232 valence electrons. The Balaban J connectivity index is 4.64. The monoisotopic (exact) mass is 553 g/mol. The van der Waals surface area contributed by atoms with Crippen LogP contribution in [-0.4, -0.2) is 22.2 Å². The Morgan fingerprint density at radius 1 is 0.564 bits per heavy atom. The molecule has 0 aromatic carbocycles. The fourth-order valence-electron chi connectivity index (χ4n) is 6.56. The highest BCUT2D eigenvalue weighted by Gasteiger charge is 2.45. The van der Waals surface area contributed by atoms with Crippen molar-refractivity contribution in [2.24, 2.45) is 23.2 Å². The first-order chi connectivity index (χ1) is 18.8. The van der Waals surface area contributed by atoms with Gasteiger partial charge < -0.3 is 10.2 Å². The number of rotatable bonds is 29. The van der Waals surface area contributed by atoms with Crippen molar-refractivity contribution in [2.75, 3.05) is 0 Å². The lowest BCUT2D eigenvalue weighted by Gasteiger charge is -2.40. The molecule has 2 N–H and O–H groups in total. The molecule has 0 saturated heterocycles. The maximum atomic E-state index is 13.1. The molecule has 3 unspecified atom stereocenters. The second-order valence-corrected chi connectivity index (χ2v) is 12.8. The summed E-state index contributed by atoms with van der Waals surface area (Å²) < 4.78 is 0. The largest absolute Gasteiger partial charge is 0.481 e. The Hall–Kier alpha value is -1.06. The van der Waals surface area contributed by atoms with Crippen LogP contribution in [0.2, 0.25) is 0 Å². The van der Waals surface area contributed by atoms with E-state index in [1.807, 2.05) is 0 Å². The molecule has 3 atom stereocenters. The van der Waals surface area contributed by atoms with Gasteiger partial charge in [0.25, 0.3) is 0 Å². The van der Waals surface area contributed by atoms with Gasteiger partial charge in [0, 0.05) is 6.42 Å². The number of carboxylic acids is 2. The fourth-order valence-corrected chi connectivity index (χ4v) is 6.56. The molecule has 0 aliphatic rings. The van der Waals surface area contributed by atoms with E-state index in [4.69, 9.17) is 5.11 Å². The summed E-state index contributed by atoms with van der Waals surface area (Å²) in [5.74, 6) is 0.0817. The summed E-state index contributed by atoms with van der Waals surface area (Å²) in [4.78, 5) is 23.6. The molecule has 0 saturated carbocycles. The average Bonchev–Trinajstić information content (AvgIpc) is 2.91. The van der Waals surface area contributed by atoms with E-state index in [9.17, 15) is 14.7 Å². The molecular weight excluding hydrogens is 484 g/mol. The molecule has 0 spiro atoms. The van der Waals surface area contributed by atoms with Crippen molar-refractivity contribution in [3.05, 3.63) is 0 Å². The van der Waals surface area contributed by atoms with E-state index in [0.717, 1.165) is 51.4 Å². The minimum Gasteiger partial charge on any atom is -0.481 e. The third-order valence-corrected chi connectivity index (χ3v) is 9.54. The number of carboxylic acid groups (broad SMARTS) is 2. The zero-order valence-corrected chi connectivity index (χ0v) is 26.9. The van der Waals surface area contributed by atoms with Gasteiger partial charge in [0.1, 0.15) is 0 Å². The molecular formula is C35H68O4. The highest BCUT2D eigenvalue weighted by molar-refractivity contribution is 5.75. The Morgan fingerprint density at radius 3 is 1.28 bits per heavy atom. The van der Waals surface area contributed by atoms with Crippen LogP contribution in [0.15, 0.2) is 0 Å². The molecule has 0 rings (SSSR count). The van der Waals surface area contributed by atoms with E-state index in [-0.39, 0.29) is 5.92 Å². The molecule has 0 radical (unpaired) electrons. The van der Waals surface area contributed by atoms with Gasteiger partial charge >= 0.3 is 11.9 Å². The standard InChI is InChI=1S/C35H68O4/c1-6-10-25-31(8-3)28-35(34(38)39,29-32(9-4)26-11-7-2)30(5)24-22-20-18-16-14-12-13-15-17-19-21-23-27-33(36)37/h30-32H,6-29H2,1-5H3,(H,36,37)(H,38,39). The SMILES string of the molecule is CCCCC(CC)CC(CC(CC)CCCC)(C(=O)O)C(C)CCCCCCCCCCCCCCC(=O)O. The second-order valence-electron chi connectivity index (χ2n) is 12.8. The molecule has 0 aliphatic carbocycles. The van der Waals surface area contributed by atoms with Crippen molar-refractivity contribution in [3.63, 3.8) is 0 Å². The van der Waals surface area contributed by atoms with E-state index in [1.165, 1.54) is 96.3 Å². The third kappa shape index (κ3) is 18.1. The smallest absolute Gasteiger partial charge is 0.309 e. The Morgan fingerprint density at radius 2 is 0.949 bits per heavy atom. The first-order valence-corrected chi connectivity index (χ1v) is 17.2. The van der Waals surface area contributed by atoms with E-state index >= 15 is 0 Å². The maximum Gasteiger partial charge on any atom is 0.309 e. The van der Waals surface area contributed by atoms with E-state index in [0.29, 0.717) is 18.3 Å². The van der Waals surface area contributed by atoms with Crippen molar-refractivity contribution >= 4 is 11.9 Å². The number of aliphatic carboxylic acids is 2. The topological polar surface area (TPSA) is 74.6 Å². The molecule has 0 aromatic rings. The van der Waals surface area contributed by atoms with Gasteiger partial charge in [-0.2, -0.15) is 0 Å². The predicted molar refractivity (Wildman–Crippen MR) is 167 cm³/mol. The van der Waals surface area contributed by atoms with Crippen LogP contribution >= 0.6 is 0 Å². The van der Waals surface area contributed by atoms with Crippen LogP contribution in [0, 0.1) is 23.2 Å². The Kier molecular flexibility index (Phi) is 24.0. The summed E-state index contributed by atoms with van der Waals surface area (Å²) in [6.45, 7) is 11.3. The molecule has 0 bridgehead atoms. The summed E-state index contributed by atoms with van der Waals surface area (Å²) in [6, 6.07) is 0. The molecule has 0 amide bonds. The third-order valence-electron chi connectivity index (χ3n) is 9.54. The van der Waals surface area contributed by atoms with Crippen LogP contribution in [0.25, 0.3) is 0 Å². The zero-order valence-electron chi connectivity index (χ0n) is 26.9. The highest BCUT2D eigenvalue weighted by Crippen LogP contribution is 2.46. The number of unbranched alkanes of at least 4 members (excludes halogenated alkanes) is 13. The van der Waals surface area contributed by atoms with Gasteiger partial charge in [0.05, 0.1) is 5.41 Å². The summed E-state index contributed by atoms with van der Waals surface area (Å²) in [7, 11) is 0. The first kappa shape index (κ1) is 37.9. The summed E-state index contributed by atoms with van der Waals surface area (Å²) >= 11 is 0. The normalized spacial score (nSPS) is 15.5. The number of hydrogen-bond acceptors (Lipinski definition) is 2. The van der Waals surface area contributed by atoms with Crippen LogP contribution in [0.1, 0.15) is 189 Å². The van der Waals surface area contributed by atoms with E-state index < -0.39 is 17.4 Å². The first-order valence-electron chi connectivity index (χ1n) is 17.2. The van der Waals surface area contributed by atoms with Crippen LogP contribution in [0.5, 0.6) is 0 Å². The van der Waals surface area contributed by atoms with Crippen LogP contribution in [-0.2, 0) is 9.59 Å². The van der Waals surface area contributed by atoms with Gasteiger partial charge in [-0.05, 0) is 43.4 Å². The average molecular weight is 553 g/mol. The molecule has 39 heavy (non-hydrogen) atoms. The molecule has 0 heterocycles. The molecule has 0 fully saturated rings. The summed E-state index contributed by atoms with van der Waals surface area (Å²) in [5, 5.41) is 19.4. The maximum absolute atomic E-state index is 13.1. The van der Waals surface area contributed by atoms with Crippen molar-refractivity contribution in [1.82, 2.24) is 0 Å². The minimum absolute atomic E-state index is 0.233. The second kappa shape index (κ2) is 24.7. The quantitative estimate of drug-likeness (QED) is 0.0905. The van der Waals surface area contributed by atoms with Gasteiger partial charge in [-0.1, -0.05) is 157 Å². The van der Waals surface area contributed by atoms with Crippen molar-refractivity contribution in [2.45, 2.75) is 189 Å². The Labute approximate surface area is 243 Å². The van der Waals surface area contributed by atoms with Gasteiger partial charge in [-0.3, -0.25) is 9.59 Å². The number of hydrogen-bond donors (Lipinski definition) is 2. The summed E-state index contributed by atoms with van der Waals surface area (Å²) in [5.41, 5.74) is -0.573. The predicted octanol–water partition coefficient (Wildman–Crippen LogP) is 11.5. The lowest BCUT2D eigenvalue weighted by atomic mass is 9.63. The molecule has 4 heteroatoms. The van der Waals surface area contributed by atoms with Gasteiger partial charge in [-0.25, -0.2) is 0 Å². The Bertz CT molecular complexity index is 569. The van der Waals surface area contributed by atoms with Gasteiger partial charge in [0.15, 0.2) is 0 Å². The zero-order chi connectivity index (χ0) is 29.4. The van der Waals surface area contributed by atoms with Crippen molar-refractivity contribution in [3.8, 4) is 0 Å². The van der Waals surface area contributed by atoms with Crippen molar-refractivity contribution < 1.29 is 19.8 Å².